The topological polar surface area (TPSA) is 78.7 Å². The first-order valence-electron chi connectivity index (χ1n) is 7.45. The van der Waals surface area contributed by atoms with Crippen LogP contribution in [0.25, 0.3) is 12.2 Å². The Morgan fingerprint density at radius 2 is 1.80 bits per heavy atom. The van der Waals surface area contributed by atoms with Crippen LogP contribution in [0, 0.1) is 10.1 Å². The van der Waals surface area contributed by atoms with Gasteiger partial charge in [-0.3, -0.25) is 10.1 Å². The monoisotopic (exact) mass is 339 g/mol. The Bertz CT molecular complexity index is 825. The zero-order chi connectivity index (χ0) is 18.2. The third kappa shape index (κ3) is 5.31. The Balaban J connectivity index is 2.14. The standard InChI is InChI=1S/C19H17NO5/c1-14(20(22)23)12-16-8-10-17(18(13-16)24-2)25-19(21)11-9-15-6-4-3-5-7-15/h3-13H,1-2H3/b11-9+,14-12-. The molecule has 0 bridgehead atoms. The summed E-state index contributed by atoms with van der Waals surface area (Å²) in [4.78, 5) is 22.2. The van der Waals surface area contributed by atoms with Crippen molar-refractivity contribution in [3.63, 3.8) is 0 Å². The molecule has 0 saturated heterocycles. The SMILES string of the molecule is COc1cc(/C=C(/C)[N+](=O)[O-])ccc1OC(=O)/C=C/c1ccccc1. The molecule has 0 aliphatic carbocycles. The Kier molecular flexibility index (Phi) is 6.06. The van der Waals surface area contributed by atoms with Crippen LogP contribution >= 0.6 is 0 Å². The lowest BCUT2D eigenvalue weighted by molar-refractivity contribution is -0.422. The maximum absolute atomic E-state index is 11.9. The van der Waals surface area contributed by atoms with E-state index in [1.165, 1.54) is 32.3 Å². The molecule has 0 heterocycles. The number of hydrogen-bond donors (Lipinski definition) is 0. The summed E-state index contributed by atoms with van der Waals surface area (Å²) in [5.41, 5.74) is 1.45. The number of rotatable bonds is 6. The summed E-state index contributed by atoms with van der Waals surface area (Å²) in [5.74, 6) is -0.000561. The summed E-state index contributed by atoms with van der Waals surface area (Å²) in [7, 11) is 1.43. The van der Waals surface area contributed by atoms with E-state index >= 15 is 0 Å². The molecule has 0 atom stereocenters. The molecule has 0 amide bonds. The lowest BCUT2D eigenvalue weighted by Gasteiger charge is -2.08. The van der Waals surface area contributed by atoms with E-state index in [-0.39, 0.29) is 11.4 Å². The highest BCUT2D eigenvalue weighted by atomic mass is 16.6. The van der Waals surface area contributed by atoms with Gasteiger partial charge in [0.1, 0.15) is 0 Å². The van der Waals surface area contributed by atoms with E-state index in [2.05, 4.69) is 0 Å². The van der Waals surface area contributed by atoms with Crippen molar-refractivity contribution in [1.29, 1.82) is 0 Å². The van der Waals surface area contributed by atoms with Gasteiger partial charge in [0, 0.05) is 19.1 Å². The van der Waals surface area contributed by atoms with E-state index in [4.69, 9.17) is 9.47 Å². The number of hydrogen-bond acceptors (Lipinski definition) is 5. The highest BCUT2D eigenvalue weighted by molar-refractivity contribution is 5.89. The maximum atomic E-state index is 11.9. The van der Waals surface area contributed by atoms with Crippen molar-refractivity contribution in [2.24, 2.45) is 0 Å². The quantitative estimate of drug-likeness (QED) is 0.262. The van der Waals surface area contributed by atoms with Crippen molar-refractivity contribution in [2.75, 3.05) is 7.11 Å². The number of allylic oxidation sites excluding steroid dienone is 1. The van der Waals surface area contributed by atoms with Crippen LogP contribution in [0.2, 0.25) is 0 Å². The van der Waals surface area contributed by atoms with Crippen LogP contribution in [0.3, 0.4) is 0 Å². The van der Waals surface area contributed by atoms with E-state index < -0.39 is 10.9 Å². The molecule has 2 rings (SSSR count). The second-order valence-electron chi connectivity index (χ2n) is 5.12. The molecule has 128 valence electrons. The summed E-state index contributed by atoms with van der Waals surface area (Å²) in [6, 6.07) is 14.1. The minimum absolute atomic E-state index is 0.00223. The van der Waals surface area contributed by atoms with Gasteiger partial charge in [-0.2, -0.15) is 0 Å². The average molecular weight is 339 g/mol. The van der Waals surface area contributed by atoms with Gasteiger partial charge in [0.15, 0.2) is 11.5 Å². The molecule has 0 unspecified atom stereocenters. The third-order valence-electron chi connectivity index (χ3n) is 3.27. The number of benzene rings is 2. The van der Waals surface area contributed by atoms with Crippen LogP contribution in [0.15, 0.2) is 60.3 Å². The first kappa shape index (κ1) is 17.9. The van der Waals surface area contributed by atoms with Crippen molar-refractivity contribution in [3.05, 3.63) is 81.5 Å². The van der Waals surface area contributed by atoms with Gasteiger partial charge in [-0.15, -0.1) is 0 Å². The van der Waals surface area contributed by atoms with E-state index in [1.54, 1.807) is 18.2 Å². The molecular weight excluding hydrogens is 322 g/mol. The number of nitrogens with zero attached hydrogens (tertiary/aromatic N) is 1. The van der Waals surface area contributed by atoms with Crippen molar-refractivity contribution in [1.82, 2.24) is 0 Å². The first-order chi connectivity index (χ1) is 12.0. The van der Waals surface area contributed by atoms with Crippen molar-refractivity contribution < 1.29 is 19.2 Å². The molecule has 0 radical (unpaired) electrons. The first-order valence-corrected chi connectivity index (χ1v) is 7.45. The molecular formula is C19H17NO5. The fourth-order valence-electron chi connectivity index (χ4n) is 2.02. The molecule has 6 heteroatoms. The van der Waals surface area contributed by atoms with Crippen LogP contribution in [0.4, 0.5) is 0 Å². The Labute approximate surface area is 145 Å². The van der Waals surface area contributed by atoms with Crippen molar-refractivity contribution in [2.45, 2.75) is 6.92 Å². The molecule has 0 fully saturated rings. The third-order valence-corrected chi connectivity index (χ3v) is 3.27. The molecule has 0 aromatic heterocycles. The number of methoxy groups -OCH3 is 1. The molecule has 6 nitrogen and oxygen atoms in total. The van der Waals surface area contributed by atoms with Crippen LogP contribution in [0.1, 0.15) is 18.1 Å². The molecule has 25 heavy (non-hydrogen) atoms. The summed E-state index contributed by atoms with van der Waals surface area (Å²) in [5, 5.41) is 10.7. The minimum atomic E-state index is -0.549. The minimum Gasteiger partial charge on any atom is -0.493 e. The highest BCUT2D eigenvalue weighted by Crippen LogP contribution is 2.29. The number of esters is 1. The van der Waals surface area contributed by atoms with E-state index in [9.17, 15) is 14.9 Å². The van der Waals surface area contributed by atoms with Gasteiger partial charge in [0.25, 0.3) is 0 Å². The van der Waals surface area contributed by atoms with Crippen molar-refractivity contribution in [3.8, 4) is 11.5 Å². The van der Waals surface area contributed by atoms with Gasteiger partial charge in [0.05, 0.1) is 12.0 Å². The van der Waals surface area contributed by atoms with Gasteiger partial charge in [-0.05, 0) is 29.3 Å². The summed E-state index contributed by atoms with van der Waals surface area (Å²) in [6.07, 6.45) is 4.37. The van der Waals surface area contributed by atoms with Gasteiger partial charge >= 0.3 is 5.97 Å². The lowest BCUT2D eigenvalue weighted by Crippen LogP contribution is -2.05. The van der Waals surface area contributed by atoms with Gasteiger partial charge in [-0.1, -0.05) is 36.4 Å². The Morgan fingerprint density at radius 3 is 2.44 bits per heavy atom. The molecule has 2 aromatic carbocycles. The predicted molar refractivity (Wildman–Crippen MR) is 94.8 cm³/mol. The van der Waals surface area contributed by atoms with Crippen LogP contribution in [-0.2, 0) is 4.79 Å². The zero-order valence-electron chi connectivity index (χ0n) is 13.8. The number of carbonyl (C=O) groups is 1. The zero-order valence-corrected chi connectivity index (χ0v) is 13.8. The summed E-state index contributed by atoms with van der Waals surface area (Å²) >= 11 is 0. The van der Waals surface area contributed by atoms with Crippen molar-refractivity contribution >= 4 is 18.1 Å². The van der Waals surface area contributed by atoms with Crippen LogP contribution in [0.5, 0.6) is 11.5 Å². The van der Waals surface area contributed by atoms with E-state index in [0.717, 1.165) is 5.56 Å². The highest BCUT2D eigenvalue weighted by Gasteiger charge is 2.10. The lowest BCUT2D eigenvalue weighted by atomic mass is 10.1. The fourth-order valence-corrected chi connectivity index (χ4v) is 2.02. The van der Waals surface area contributed by atoms with Crippen LogP contribution in [-0.4, -0.2) is 18.0 Å². The summed E-state index contributed by atoms with van der Waals surface area (Å²) in [6.45, 7) is 1.40. The number of ether oxygens (including phenoxy) is 2. The smallest absolute Gasteiger partial charge is 0.336 e. The normalized spacial score (nSPS) is 11.4. The molecule has 0 saturated carbocycles. The Hall–Kier alpha value is -3.41. The molecule has 0 spiro atoms. The Morgan fingerprint density at radius 1 is 1.08 bits per heavy atom. The summed E-state index contributed by atoms with van der Waals surface area (Å²) < 4.78 is 10.5. The second-order valence-corrected chi connectivity index (χ2v) is 5.12. The fraction of sp³-hybridized carbons (Fsp3) is 0.105. The van der Waals surface area contributed by atoms with Crippen LogP contribution < -0.4 is 9.47 Å². The van der Waals surface area contributed by atoms with E-state index in [0.29, 0.717) is 11.3 Å². The largest absolute Gasteiger partial charge is 0.493 e. The molecule has 0 N–H and O–H groups in total. The molecule has 0 aliphatic heterocycles. The average Bonchev–Trinajstić information content (AvgIpc) is 2.62. The van der Waals surface area contributed by atoms with Gasteiger partial charge in [0.2, 0.25) is 5.70 Å². The number of carbonyl (C=O) groups excluding carboxylic acids is 1. The van der Waals surface area contributed by atoms with Gasteiger partial charge in [-0.25, -0.2) is 4.79 Å². The van der Waals surface area contributed by atoms with E-state index in [1.807, 2.05) is 30.3 Å². The predicted octanol–water partition coefficient (Wildman–Crippen LogP) is 3.95. The number of nitro groups is 1. The maximum Gasteiger partial charge on any atom is 0.336 e. The molecule has 0 aliphatic rings. The second kappa shape index (κ2) is 8.44. The van der Waals surface area contributed by atoms with Gasteiger partial charge < -0.3 is 9.47 Å². The molecule has 2 aromatic rings.